The van der Waals surface area contributed by atoms with Crippen LogP contribution in [-0.4, -0.2) is 54.2 Å². The molecule has 194 valence electrons. The van der Waals surface area contributed by atoms with Crippen LogP contribution in [0.3, 0.4) is 0 Å². The maximum atomic E-state index is 13.5. The number of hydrogen-bond acceptors (Lipinski definition) is 6. The van der Waals surface area contributed by atoms with Crippen molar-refractivity contribution in [1.82, 2.24) is 0 Å². The molecule has 0 fully saturated rings. The lowest BCUT2D eigenvalue weighted by Crippen LogP contribution is -2.51. The van der Waals surface area contributed by atoms with Crippen molar-refractivity contribution in [3.8, 4) is 0 Å². The van der Waals surface area contributed by atoms with E-state index in [1.807, 2.05) is 0 Å². The molecule has 0 radical (unpaired) electrons. The topological polar surface area (TPSA) is 107 Å². The van der Waals surface area contributed by atoms with Crippen LogP contribution in [0, 0.1) is 0 Å². The fraction of sp³-hybridized carbons (Fsp3) is 0.429. The van der Waals surface area contributed by atoms with Crippen molar-refractivity contribution in [3.63, 3.8) is 0 Å². The zero-order valence-electron chi connectivity index (χ0n) is 18.5. The molecule has 2 unspecified atom stereocenters. The molecular weight excluding hydrogens is 510 g/mol. The summed E-state index contributed by atoms with van der Waals surface area (Å²) < 4.78 is 121. The van der Waals surface area contributed by atoms with E-state index in [1.165, 1.54) is 24.3 Å². The summed E-state index contributed by atoms with van der Waals surface area (Å²) in [7, 11) is -5.24. The molecule has 0 aliphatic heterocycles. The largest absolute Gasteiger partial charge is 0.446 e. The summed E-state index contributed by atoms with van der Waals surface area (Å²) in [5, 5.41) is -0.301. The van der Waals surface area contributed by atoms with Crippen LogP contribution >= 0.6 is 0 Å². The minimum absolute atomic E-state index is 0.129. The van der Waals surface area contributed by atoms with Gasteiger partial charge in [-0.05, 0) is 43.2 Å². The third-order valence-electron chi connectivity index (χ3n) is 5.33. The van der Waals surface area contributed by atoms with Crippen LogP contribution in [0.25, 0.3) is 10.8 Å². The maximum Gasteiger partial charge on any atom is 0.429 e. The molecule has 7 nitrogen and oxygen atoms in total. The first-order chi connectivity index (χ1) is 15.7. The van der Waals surface area contributed by atoms with Crippen molar-refractivity contribution in [2.45, 2.75) is 50.7 Å². The molecule has 14 heteroatoms. The molecular formula is C21H20F6O7S. The predicted molar refractivity (Wildman–Crippen MR) is 110 cm³/mol. The zero-order chi connectivity index (χ0) is 27.0. The standard InChI is InChI=1S/C21H20F6O7S/c1-4-18(2,20(22,23)24)33-16(28)14-9-10-15(13-8-6-5-7-12(13)14)17(29)34-19(3,21(25,26)27)11-35(30,31)32/h5-10H,4,11H2,1-3H3,(H,30,31,32). The second-order valence-corrected chi connectivity index (χ2v) is 9.47. The van der Waals surface area contributed by atoms with Gasteiger partial charge in [0.05, 0.1) is 11.1 Å². The van der Waals surface area contributed by atoms with Crippen LogP contribution in [-0.2, 0) is 19.6 Å². The molecule has 0 spiro atoms. The number of fused-ring (bicyclic) bond motifs is 1. The highest BCUT2D eigenvalue weighted by Gasteiger charge is 2.57. The van der Waals surface area contributed by atoms with Crippen molar-refractivity contribution in [1.29, 1.82) is 0 Å². The Morgan fingerprint density at radius 2 is 1.17 bits per heavy atom. The van der Waals surface area contributed by atoms with E-state index >= 15 is 0 Å². The third-order valence-corrected chi connectivity index (χ3v) is 6.25. The lowest BCUT2D eigenvalue weighted by atomic mass is 9.98. The molecule has 0 aliphatic rings. The van der Waals surface area contributed by atoms with E-state index in [0.29, 0.717) is 6.92 Å². The second kappa shape index (κ2) is 9.30. The first-order valence-corrected chi connectivity index (χ1v) is 11.4. The molecule has 1 N–H and O–H groups in total. The molecule has 0 saturated heterocycles. The number of hydrogen-bond donors (Lipinski definition) is 1. The molecule has 0 heterocycles. The molecule has 0 aliphatic carbocycles. The highest BCUT2D eigenvalue weighted by Crippen LogP contribution is 2.38. The van der Waals surface area contributed by atoms with Crippen LogP contribution in [0.5, 0.6) is 0 Å². The van der Waals surface area contributed by atoms with Gasteiger partial charge in [-0.25, -0.2) is 9.59 Å². The fourth-order valence-corrected chi connectivity index (χ4v) is 3.94. The molecule has 0 amide bonds. The average molecular weight is 530 g/mol. The number of carbonyl (C=O) groups excluding carboxylic acids is 2. The Morgan fingerprint density at radius 1 is 0.800 bits per heavy atom. The smallest absolute Gasteiger partial charge is 0.429 e. The molecule has 0 saturated carbocycles. The van der Waals surface area contributed by atoms with E-state index in [1.54, 1.807) is 0 Å². The first kappa shape index (κ1) is 28.4. The second-order valence-electron chi connectivity index (χ2n) is 8.02. The number of benzene rings is 2. The first-order valence-electron chi connectivity index (χ1n) is 9.82. The number of carbonyl (C=O) groups is 2. The Bertz CT molecular complexity index is 1240. The Kier molecular flexibility index (Phi) is 7.54. The number of halogens is 6. The summed E-state index contributed by atoms with van der Waals surface area (Å²) in [6.45, 7) is 2.07. The minimum atomic E-state index is -5.40. The van der Waals surface area contributed by atoms with E-state index in [9.17, 15) is 44.3 Å². The summed E-state index contributed by atoms with van der Waals surface area (Å²) in [6, 6.07) is 6.82. The number of esters is 2. The summed E-state index contributed by atoms with van der Waals surface area (Å²) in [4.78, 5) is 25.2. The van der Waals surface area contributed by atoms with E-state index in [2.05, 4.69) is 4.74 Å². The highest BCUT2D eigenvalue weighted by molar-refractivity contribution is 7.85. The Balaban J connectivity index is 2.54. The Labute approximate surface area is 195 Å². The van der Waals surface area contributed by atoms with Gasteiger partial charge in [0.25, 0.3) is 10.1 Å². The van der Waals surface area contributed by atoms with Crippen molar-refractivity contribution in [2.75, 3.05) is 5.75 Å². The number of ether oxygens (including phenoxy) is 2. The molecule has 0 aromatic heterocycles. The molecule has 35 heavy (non-hydrogen) atoms. The van der Waals surface area contributed by atoms with Crippen molar-refractivity contribution >= 4 is 32.8 Å². The molecule has 0 bridgehead atoms. The molecule has 2 atom stereocenters. The lowest BCUT2D eigenvalue weighted by molar-refractivity contribution is -0.252. The number of rotatable bonds is 7. The molecule has 2 aromatic rings. The highest BCUT2D eigenvalue weighted by atomic mass is 32.2. The normalized spacial score (nSPS) is 16.3. The van der Waals surface area contributed by atoms with E-state index in [-0.39, 0.29) is 17.7 Å². The van der Waals surface area contributed by atoms with Gasteiger partial charge in [-0.3, -0.25) is 4.55 Å². The van der Waals surface area contributed by atoms with E-state index < -0.39 is 68.9 Å². The quantitative estimate of drug-likeness (QED) is 0.302. The van der Waals surface area contributed by atoms with Crippen LogP contribution in [0.1, 0.15) is 47.9 Å². The number of alkyl halides is 6. The predicted octanol–water partition coefficient (Wildman–Crippen LogP) is 5.09. The Hall–Kier alpha value is -2.87. The third kappa shape index (κ3) is 6.04. The minimum Gasteiger partial charge on any atom is -0.446 e. The monoisotopic (exact) mass is 530 g/mol. The SMILES string of the molecule is CCC(C)(OC(=O)c1ccc(C(=O)OC(C)(CS(=O)(=O)O)C(F)(F)F)c2ccccc12)C(F)(F)F. The summed E-state index contributed by atoms with van der Waals surface area (Å²) >= 11 is 0. The van der Waals surface area contributed by atoms with E-state index in [0.717, 1.165) is 19.1 Å². The molecule has 2 aromatic carbocycles. The van der Waals surface area contributed by atoms with Gasteiger partial charge in [0.15, 0.2) is 0 Å². The fourth-order valence-electron chi connectivity index (χ4n) is 3.02. The summed E-state index contributed by atoms with van der Waals surface area (Å²) in [5.41, 5.74) is -7.41. The van der Waals surface area contributed by atoms with Crippen LogP contribution in [0.2, 0.25) is 0 Å². The Morgan fingerprint density at radius 3 is 1.49 bits per heavy atom. The van der Waals surface area contributed by atoms with E-state index in [4.69, 9.17) is 9.29 Å². The van der Waals surface area contributed by atoms with Crippen LogP contribution < -0.4 is 0 Å². The zero-order valence-corrected chi connectivity index (χ0v) is 19.3. The molecule has 2 rings (SSSR count). The van der Waals surface area contributed by atoms with Gasteiger partial charge in [-0.15, -0.1) is 0 Å². The van der Waals surface area contributed by atoms with Gasteiger partial charge in [0.1, 0.15) is 5.75 Å². The van der Waals surface area contributed by atoms with Gasteiger partial charge in [-0.2, -0.15) is 34.8 Å². The summed E-state index contributed by atoms with van der Waals surface area (Å²) in [5.74, 6) is -5.03. The maximum absolute atomic E-state index is 13.5. The van der Waals surface area contributed by atoms with Crippen molar-refractivity contribution in [3.05, 3.63) is 47.5 Å². The van der Waals surface area contributed by atoms with Gasteiger partial charge < -0.3 is 9.47 Å². The average Bonchev–Trinajstić information content (AvgIpc) is 2.69. The van der Waals surface area contributed by atoms with Gasteiger partial charge in [-0.1, -0.05) is 31.2 Å². The van der Waals surface area contributed by atoms with Crippen LogP contribution in [0.4, 0.5) is 26.3 Å². The van der Waals surface area contributed by atoms with Crippen molar-refractivity contribution in [2.24, 2.45) is 0 Å². The summed E-state index contributed by atoms with van der Waals surface area (Å²) in [6.07, 6.45) is -10.9. The lowest BCUT2D eigenvalue weighted by Gasteiger charge is -2.31. The van der Waals surface area contributed by atoms with Crippen molar-refractivity contribution < 1.29 is 58.4 Å². The van der Waals surface area contributed by atoms with Gasteiger partial charge in [0, 0.05) is 0 Å². The van der Waals surface area contributed by atoms with Gasteiger partial charge >= 0.3 is 24.3 Å². The van der Waals surface area contributed by atoms with Crippen LogP contribution in [0.15, 0.2) is 36.4 Å². The van der Waals surface area contributed by atoms with Gasteiger partial charge in [0.2, 0.25) is 11.2 Å².